The SMILES string of the molecule is C=C(NNC(=O)c1ccccc1)c1ccc(N2CCOCC2)cc1. The molecule has 0 radical (unpaired) electrons. The Hall–Kier alpha value is -2.79. The summed E-state index contributed by atoms with van der Waals surface area (Å²) in [5.41, 5.74) is 8.87. The van der Waals surface area contributed by atoms with Crippen molar-refractivity contribution in [1.82, 2.24) is 10.9 Å². The molecule has 0 unspecified atom stereocenters. The number of anilines is 1. The average molecular weight is 323 g/mol. The summed E-state index contributed by atoms with van der Waals surface area (Å²) < 4.78 is 5.37. The molecule has 0 aromatic heterocycles. The monoisotopic (exact) mass is 323 g/mol. The van der Waals surface area contributed by atoms with Gasteiger partial charge in [0.05, 0.1) is 18.9 Å². The maximum absolute atomic E-state index is 12.0. The van der Waals surface area contributed by atoms with Crippen LogP contribution in [-0.2, 0) is 4.74 Å². The molecule has 2 aromatic rings. The number of nitrogens with zero attached hydrogens (tertiary/aromatic N) is 1. The zero-order valence-corrected chi connectivity index (χ0v) is 13.5. The third-order valence-corrected chi connectivity index (χ3v) is 3.95. The molecule has 0 bridgehead atoms. The summed E-state index contributed by atoms with van der Waals surface area (Å²) in [4.78, 5) is 14.3. The fraction of sp³-hybridized carbons (Fsp3) is 0.211. The number of rotatable bonds is 5. The van der Waals surface area contributed by atoms with E-state index in [-0.39, 0.29) is 5.91 Å². The molecule has 1 fully saturated rings. The number of amides is 1. The van der Waals surface area contributed by atoms with Gasteiger partial charge in [0, 0.05) is 24.3 Å². The van der Waals surface area contributed by atoms with Gasteiger partial charge in [-0.3, -0.25) is 15.6 Å². The highest BCUT2D eigenvalue weighted by Gasteiger charge is 2.11. The average Bonchev–Trinajstić information content (AvgIpc) is 2.67. The lowest BCUT2D eigenvalue weighted by Crippen LogP contribution is -2.36. The summed E-state index contributed by atoms with van der Waals surface area (Å²) in [6.45, 7) is 7.32. The number of hydrogen-bond acceptors (Lipinski definition) is 4. The van der Waals surface area contributed by atoms with Gasteiger partial charge in [-0.1, -0.05) is 36.9 Å². The smallest absolute Gasteiger partial charge is 0.269 e. The number of carbonyl (C=O) groups is 1. The topological polar surface area (TPSA) is 53.6 Å². The lowest BCUT2D eigenvalue weighted by molar-refractivity contribution is 0.0942. The van der Waals surface area contributed by atoms with E-state index in [1.165, 1.54) is 5.69 Å². The minimum atomic E-state index is -0.193. The van der Waals surface area contributed by atoms with Crippen molar-refractivity contribution in [2.24, 2.45) is 0 Å². The number of morpholine rings is 1. The normalized spacial score (nSPS) is 14.1. The van der Waals surface area contributed by atoms with Gasteiger partial charge in [0.25, 0.3) is 5.91 Å². The Bertz CT molecular complexity index is 692. The predicted octanol–water partition coefficient (Wildman–Crippen LogP) is 2.43. The molecule has 5 heteroatoms. The minimum Gasteiger partial charge on any atom is -0.378 e. The number of hydrazine groups is 1. The first kappa shape index (κ1) is 16.1. The molecule has 124 valence electrons. The van der Waals surface area contributed by atoms with Crippen LogP contribution in [-0.4, -0.2) is 32.2 Å². The molecular weight excluding hydrogens is 302 g/mol. The van der Waals surface area contributed by atoms with Crippen LogP contribution in [0.3, 0.4) is 0 Å². The third kappa shape index (κ3) is 3.94. The predicted molar refractivity (Wildman–Crippen MR) is 95.6 cm³/mol. The van der Waals surface area contributed by atoms with Gasteiger partial charge in [-0.15, -0.1) is 0 Å². The molecule has 24 heavy (non-hydrogen) atoms. The maximum atomic E-state index is 12.0. The Labute approximate surface area is 141 Å². The van der Waals surface area contributed by atoms with E-state index in [0.717, 1.165) is 31.9 Å². The van der Waals surface area contributed by atoms with Crippen LogP contribution in [0.4, 0.5) is 5.69 Å². The highest BCUT2D eigenvalue weighted by Crippen LogP contribution is 2.19. The molecule has 1 heterocycles. The highest BCUT2D eigenvalue weighted by molar-refractivity contribution is 5.94. The molecule has 1 saturated heterocycles. The van der Waals surface area contributed by atoms with Gasteiger partial charge >= 0.3 is 0 Å². The van der Waals surface area contributed by atoms with Crippen molar-refractivity contribution < 1.29 is 9.53 Å². The van der Waals surface area contributed by atoms with Gasteiger partial charge in [0.15, 0.2) is 0 Å². The number of carbonyl (C=O) groups excluding carboxylic acids is 1. The molecule has 0 atom stereocenters. The van der Waals surface area contributed by atoms with Crippen molar-refractivity contribution in [3.8, 4) is 0 Å². The summed E-state index contributed by atoms with van der Waals surface area (Å²) in [6, 6.07) is 17.2. The second-order valence-corrected chi connectivity index (χ2v) is 5.57. The molecule has 0 aliphatic carbocycles. The second kappa shape index (κ2) is 7.66. The van der Waals surface area contributed by atoms with Crippen LogP contribution in [0.15, 0.2) is 61.2 Å². The molecule has 0 spiro atoms. The standard InChI is InChI=1S/C19H21N3O2/c1-15(20-21-19(23)17-5-3-2-4-6-17)16-7-9-18(10-8-16)22-11-13-24-14-12-22/h2-10,20H,1,11-14H2,(H,21,23). The Morgan fingerprint density at radius 3 is 2.25 bits per heavy atom. The van der Waals surface area contributed by atoms with E-state index in [1.807, 2.05) is 30.3 Å². The molecule has 2 N–H and O–H groups in total. The van der Waals surface area contributed by atoms with Gasteiger partial charge in [0.1, 0.15) is 0 Å². The zero-order chi connectivity index (χ0) is 16.8. The summed E-state index contributed by atoms with van der Waals surface area (Å²) in [5, 5.41) is 0. The van der Waals surface area contributed by atoms with E-state index < -0.39 is 0 Å². The Morgan fingerprint density at radius 2 is 1.58 bits per heavy atom. The van der Waals surface area contributed by atoms with Crippen LogP contribution in [0.5, 0.6) is 0 Å². The van der Waals surface area contributed by atoms with Crippen LogP contribution in [0.2, 0.25) is 0 Å². The van der Waals surface area contributed by atoms with Crippen molar-refractivity contribution in [3.63, 3.8) is 0 Å². The van der Waals surface area contributed by atoms with Crippen LogP contribution in [0.25, 0.3) is 5.70 Å². The number of benzene rings is 2. The molecule has 0 saturated carbocycles. The van der Waals surface area contributed by atoms with E-state index >= 15 is 0 Å². The summed E-state index contributed by atoms with van der Waals surface area (Å²) >= 11 is 0. The maximum Gasteiger partial charge on any atom is 0.269 e. The third-order valence-electron chi connectivity index (χ3n) is 3.95. The van der Waals surface area contributed by atoms with Crippen molar-refractivity contribution in [2.75, 3.05) is 31.2 Å². The van der Waals surface area contributed by atoms with E-state index in [4.69, 9.17) is 4.74 Å². The molecular formula is C19H21N3O2. The first-order valence-electron chi connectivity index (χ1n) is 7.97. The molecule has 5 nitrogen and oxygen atoms in total. The lowest BCUT2D eigenvalue weighted by atomic mass is 10.1. The van der Waals surface area contributed by atoms with Crippen molar-refractivity contribution >= 4 is 17.3 Å². The van der Waals surface area contributed by atoms with Crippen LogP contribution >= 0.6 is 0 Å². The van der Waals surface area contributed by atoms with Crippen molar-refractivity contribution in [1.29, 1.82) is 0 Å². The molecule has 1 aliphatic heterocycles. The fourth-order valence-electron chi connectivity index (χ4n) is 2.56. The van der Waals surface area contributed by atoms with Crippen molar-refractivity contribution in [2.45, 2.75) is 0 Å². The van der Waals surface area contributed by atoms with Crippen molar-refractivity contribution in [3.05, 3.63) is 72.3 Å². The van der Waals surface area contributed by atoms with Gasteiger partial charge in [-0.25, -0.2) is 0 Å². The largest absolute Gasteiger partial charge is 0.378 e. The summed E-state index contributed by atoms with van der Waals surface area (Å²) in [5.74, 6) is -0.193. The Balaban J connectivity index is 1.56. The minimum absolute atomic E-state index is 0.193. The van der Waals surface area contributed by atoms with Gasteiger partial charge in [-0.2, -0.15) is 0 Å². The number of hydrogen-bond donors (Lipinski definition) is 2. The van der Waals surface area contributed by atoms with Gasteiger partial charge < -0.3 is 9.64 Å². The highest BCUT2D eigenvalue weighted by atomic mass is 16.5. The molecule has 2 aromatic carbocycles. The lowest BCUT2D eigenvalue weighted by Gasteiger charge is -2.29. The van der Waals surface area contributed by atoms with Crippen LogP contribution in [0, 0.1) is 0 Å². The van der Waals surface area contributed by atoms with E-state index in [1.54, 1.807) is 12.1 Å². The molecule has 3 rings (SSSR count). The first-order valence-corrected chi connectivity index (χ1v) is 7.97. The number of ether oxygens (including phenoxy) is 1. The number of nitrogens with one attached hydrogen (secondary N) is 2. The second-order valence-electron chi connectivity index (χ2n) is 5.57. The van der Waals surface area contributed by atoms with Gasteiger partial charge in [0.2, 0.25) is 0 Å². The summed E-state index contributed by atoms with van der Waals surface area (Å²) in [7, 11) is 0. The van der Waals surface area contributed by atoms with Gasteiger partial charge in [-0.05, 0) is 29.8 Å². The Kier molecular flexibility index (Phi) is 5.13. The Morgan fingerprint density at radius 1 is 0.917 bits per heavy atom. The van der Waals surface area contributed by atoms with E-state index in [2.05, 4.69) is 34.5 Å². The summed E-state index contributed by atoms with van der Waals surface area (Å²) in [6.07, 6.45) is 0. The zero-order valence-electron chi connectivity index (χ0n) is 13.5. The van der Waals surface area contributed by atoms with Crippen LogP contribution < -0.4 is 15.8 Å². The van der Waals surface area contributed by atoms with E-state index in [0.29, 0.717) is 11.3 Å². The fourth-order valence-corrected chi connectivity index (χ4v) is 2.56. The van der Waals surface area contributed by atoms with Crippen LogP contribution in [0.1, 0.15) is 15.9 Å². The first-order chi connectivity index (χ1) is 11.7. The quantitative estimate of drug-likeness (QED) is 0.830. The molecule has 1 aliphatic rings. The van der Waals surface area contributed by atoms with E-state index in [9.17, 15) is 4.79 Å². The molecule has 1 amide bonds.